The van der Waals surface area contributed by atoms with Crippen LogP contribution in [0.5, 0.6) is 0 Å². The number of nitrogens with two attached hydrogens (primary N) is 2. The third kappa shape index (κ3) is 15.3. The fourth-order valence-electron chi connectivity index (χ4n) is 2.93. The number of aliphatic hydroxyl groups is 2. The highest BCUT2D eigenvalue weighted by Gasteiger charge is 2.19. The van der Waals surface area contributed by atoms with Crippen molar-refractivity contribution in [2.24, 2.45) is 11.5 Å². The van der Waals surface area contributed by atoms with Gasteiger partial charge in [0.1, 0.15) is 6.10 Å². The van der Waals surface area contributed by atoms with Gasteiger partial charge in [0.05, 0.1) is 25.5 Å². The van der Waals surface area contributed by atoms with Gasteiger partial charge in [-0.25, -0.2) is 0 Å². The second-order valence-electron chi connectivity index (χ2n) is 6.96. The molecule has 2 unspecified atom stereocenters. The summed E-state index contributed by atoms with van der Waals surface area (Å²) in [5.74, 6) is 0. The van der Waals surface area contributed by atoms with Crippen LogP contribution in [0, 0.1) is 0 Å². The lowest BCUT2D eigenvalue weighted by Gasteiger charge is -2.23. The molecule has 5 heteroatoms. The molecule has 6 N–H and O–H groups in total. The van der Waals surface area contributed by atoms with Crippen LogP contribution in [0.1, 0.15) is 90.4 Å². The molecular formula is C19H42N2O3. The molecule has 0 saturated heterocycles. The van der Waals surface area contributed by atoms with E-state index in [1.807, 2.05) is 0 Å². The fraction of sp³-hybridized carbons (Fsp3) is 1.00. The largest absolute Gasteiger partial charge is 0.394 e. The molecule has 0 amide bonds. The van der Waals surface area contributed by atoms with Crippen LogP contribution in [-0.4, -0.2) is 41.8 Å². The number of hydrogen-bond acceptors (Lipinski definition) is 5. The van der Waals surface area contributed by atoms with Crippen LogP contribution in [0.2, 0.25) is 0 Å². The molecule has 0 fully saturated rings. The Morgan fingerprint density at radius 1 is 0.792 bits per heavy atom. The summed E-state index contributed by atoms with van der Waals surface area (Å²) in [6.45, 7) is 2.18. The number of ether oxygens (including phenoxy) is 1. The van der Waals surface area contributed by atoms with E-state index >= 15 is 0 Å². The molecule has 24 heavy (non-hydrogen) atoms. The summed E-state index contributed by atoms with van der Waals surface area (Å²) in [5.41, 5.74) is 10.9. The number of hydrogen-bond donors (Lipinski definition) is 4. The van der Waals surface area contributed by atoms with Gasteiger partial charge in [0.15, 0.2) is 0 Å². The van der Waals surface area contributed by atoms with E-state index in [1.165, 1.54) is 64.2 Å². The summed E-state index contributed by atoms with van der Waals surface area (Å²) in [4.78, 5) is 0. The van der Waals surface area contributed by atoms with Gasteiger partial charge in [0, 0.05) is 0 Å². The van der Waals surface area contributed by atoms with Gasteiger partial charge in [-0.3, -0.25) is 0 Å². The van der Waals surface area contributed by atoms with Gasteiger partial charge >= 0.3 is 0 Å². The van der Waals surface area contributed by atoms with Gasteiger partial charge in [-0.1, -0.05) is 84.0 Å². The van der Waals surface area contributed by atoms with E-state index in [4.69, 9.17) is 21.3 Å². The van der Waals surface area contributed by atoms with Gasteiger partial charge in [-0.05, 0) is 6.42 Å². The highest BCUT2D eigenvalue weighted by Crippen LogP contribution is 2.15. The molecule has 0 aliphatic heterocycles. The minimum absolute atomic E-state index is 0.208. The minimum atomic E-state index is -0.851. The number of aliphatic hydroxyl groups excluding tert-OH is 2. The fourth-order valence-corrected chi connectivity index (χ4v) is 2.93. The molecule has 2 atom stereocenters. The molecule has 0 radical (unpaired) electrons. The molecule has 0 rings (SSSR count). The molecule has 0 bridgehead atoms. The molecule has 146 valence electrons. The maximum atomic E-state index is 9.75. The lowest BCUT2D eigenvalue weighted by Crippen LogP contribution is -2.40. The summed E-state index contributed by atoms with van der Waals surface area (Å²) in [5, 5.41) is 18.8. The van der Waals surface area contributed by atoms with Gasteiger partial charge < -0.3 is 26.4 Å². The van der Waals surface area contributed by atoms with Gasteiger partial charge in [0.25, 0.3) is 0 Å². The normalized spacial score (nSPS) is 14.2. The van der Waals surface area contributed by atoms with Crippen molar-refractivity contribution in [2.75, 3.05) is 13.2 Å². The molecule has 0 aliphatic rings. The topological polar surface area (TPSA) is 102 Å². The maximum Gasteiger partial charge on any atom is 0.103 e. The number of unbranched alkanes of at least 4 members (excludes halogenated alkanes) is 11. The van der Waals surface area contributed by atoms with E-state index in [0.717, 1.165) is 19.3 Å². The first-order valence-electron chi connectivity index (χ1n) is 10.0. The SMILES string of the molecule is CCCCCCCCCCCCCCC(OCC(N)N)C(O)CO. The Morgan fingerprint density at radius 3 is 1.67 bits per heavy atom. The number of rotatable bonds is 18. The average Bonchev–Trinajstić information content (AvgIpc) is 2.57. The van der Waals surface area contributed by atoms with E-state index in [0.29, 0.717) is 0 Å². The van der Waals surface area contributed by atoms with Crippen LogP contribution < -0.4 is 11.5 Å². The standard InChI is InChI=1S/C19H42N2O3/c1-2-3-4-5-6-7-8-9-10-11-12-13-14-18(17(23)15-22)24-16-19(20)21/h17-19,22-23H,2-16,20-21H2,1H3. The molecule has 0 aromatic heterocycles. The summed E-state index contributed by atoms with van der Waals surface area (Å²) in [7, 11) is 0. The first-order valence-corrected chi connectivity index (χ1v) is 10.0. The third-order valence-electron chi connectivity index (χ3n) is 4.46. The molecule has 5 nitrogen and oxygen atoms in total. The monoisotopic (exact) mass is 346 g/mol. The second-order valence-corrected chi connectivity index (χ2v) is 6.96. The minimum Gasteiger partial charge on any atom is -0.394 e. The van der Waals surface area contributed by atoms with Crippen molar-refractivity contribution < 1.29 is 14.9 Å². The van der Waals surface area contributed by atoms with Crippen molar-refractivity contribution in [3.8, 4) is 0 Å². The van der Waals surface area contributed by atoms with Crippen LogP contribution in [-0.2, 0) is 4.74 Å². The van der Waals surface area contributed by atoms with Crippen LogP contribution in [0.3, 0.4) is 0 Å². The molecule has 0 heterocycles. The predicted octanol–water partition coefficient (Wildman–Crippen LogP) is 3.06. The van der Waals surface area contributed by atoms with Crippen LogP contribution >= 0.6 is 0 Å². The van der Waals surface area contributed by atoms with Crippen molar-refractivity contribution in [3.63, 3.8) is 0 Å². The van der Waals surface area contributed by atoms with Crippen LogP contribution in [0.4, 0.5) is 0 Å². The Morgan fingerprint density at radius 2 is 1.25 bits per heavy atom. The molecule has 0 aliphatic carbocycles. The van der Waals surface area contributed by atoms with E-state index in [9.17, 15) is 5.11 Å². The highest BCUT2D eigenvalue weighted by molar-refractivity contribution is 4.69. The summed E-state index contributed by atoms with van der Waals surface area (Å²) in [6.07, 6.45) is 14.6. The Bertz CT molecular complexity index is 253. The van der Waals surface area contributed by atoms with Crippen molar-refractivity contribution in [3.05, 3.63) is 0 Å². The lowest BCUT2D eigenvalue weighted by atomic mass is 10.0. The quantitative estimate of drug-likeness (QED) is 0.226. The zero-order chi connectivity index (χ0) is 18.0. The zero-order valence-corrected chi connectivity index (χ0v) is 15.8. The van der Waals surface area contributed by atoms with Crippen LogP contribution in [0.25, 0.3) is 0 Å². The molecule has 0 aromatic carbocycles. The van der Waals surface area contributed by atoms with Crippen molar-refractivity contribution >= 4 is 0 Å². The molecule has 0 spiro atoms. The summed E-state index contributed by atoms with van der Waals surface area (Å²) < 4.78 is 5.50. The van der Waals surface area contributed by atoms with Crippen molar-refractivity contribution in [1.82, 2.24) is 0 Å². The summed E-state index contributed by atoms with van der Waals surface area (Å²) in [6, 6.07) is 0. The van der Waals surface area contributed by atoms with Gasteiger partial charge in [0.2, 0.25) is 0 Å². The van der Waals surface area contributed by atoms with E-state index < -0.39 is 12.3 Å². The maximum absolute atomic E-state index is 9.75. The highest BCUT2D eigenvalue weighted by atomic mass is 16.5. The second kappa shape index (κ2) is 17.6. The van der Waals surface area contributed by atoms with E-state index in [1.54, 1.807) is 0 Å². The van der Waals surface area contributed by atoms with Gasteiger partial charge in [-0.2, -0.15) is 0 Å². The smallest absolute Gasteiger partial charge is 0.103 e. The van der Waals surface area contributed by atoms with Crippen molar-refractivity contribution in [2.45, 2.75) is 109 Å². The molecular weight excluding hydrogens is 304 g/mol. The summed E-state index contributed by atoms with van der Waals surface area (Å²) >= 11 is 0. The van der Waals surface area contributed by atoms with E-state index in [2.05, 4.69) is 6.92 Å². The first kappa shape index (κ1) is 23.8. The zero-order valence-electron chi connectivity index (χ0n) is 15.8. The first-order chi connectivity index (χ1) is 11.6. The molecule has 0 aromatic rings. The predicted molar refractivity (Wildman–Crippen MR) is 101 cm³/mol. The van der Waals surface area contributed by atoms with E-state index in [-0.39, 0.29) is 19.3 Å². The molecule has 0 saturated carbocycles. The van der Waals surface area contributed by atoms with Crippen molar-refractivity contribution in [1.29, 1.82) is 0 Å². The Kier molecular flexibility index (Phi) is 17.5. The third-order valence-corrected chi connectivity index (χ3v) is 4.46. The Labute approximate surface area is 149 Å². The average molecular weight is 347 g/mol. The van der Waals surface area contributed by atoms with Crippen LogP contribution in [0.15, 0.2) is 0 Å². The Hall–Kier alpha value is -0.200. The Balaban J connectivity index is 3.47. The van der Waals surface area contributed by atoms with Gasteiger partial charge in [-0.15, -0.1) is 0 Å². The lowest BCUT2D eigenvalue weighted by molar-refractivity contribution is -0.0651.